The molecular weight excluding hydrogens is 344 g/mol. The van der Waals surface area contributed by atoms with Gasteiger partial charge in [0.2, 0.25) is 5.91 Å². The molecule has 0 saturated carbocycles. The molecule has 0 spiro atoms. The van der Waals surface area contributed by atoms with Crippen LogP contribution < -0.4 is 16.0 Å². The Kier molecular flexibility index (Phi) is 8.02. The number of carbonyl (C=O) groups excluding carboxylic acids is 1. The van der Waals surface area contributed by atoms with Crippen molar-refractivity contribution in [2.45, 2.75) is 24.9 Å². The van der Waals surface area contributed by atoms with Crippen LogP contribution in [0, 0.1) is 6.92 Å². The van der Waals surface area contributed by atoms with Crippen LogP contribution in [-0.2, 0) is 17.9 Å². The third kappa shape index (κ3) is 6.44. The zero-order valence-corrected chi connectivity index (χ0v) is 16.3. The summed E-state index contributed by atoms with van der Waals surface area (Å²) in [4.78, 5) is 17.4. The molecule has 0 bridgehead atoms. The lowest BCUT2D eigenvalue weighted by Gasteiger charge is -2.14. The van der Waals surface area contributed by atoms with Crippen molar-refractivity contribution in [3.63, 3.8) is 0 Å². The molecule has 0 unspecified atom stereocenters. The van der Waals surface area contributed by atoms with Crippen molar-refractivity contribution < 1.29 is 4.79 Å². The Morgan fingerprint density at radius 2 is 1.81 bits per heavy atom. The molecule has 26 heavy (non-hydrogen) atoms. The average Bonchev–Trinajstić information content (AvgIpc) is 2.68. The Labute approximate surface area is 159 Å². The first-order valence-corrected chi connectivity index (χ1v) is 9.73. The maximum absolute atomic E-state index is 12.0. The molecule has 0 aliphatic rings. The van der Waals surface area contributed by atoms with Crippen LogP contribution in [0.15, 0.2) is 58.4 Å². The van der Waals surface area contributed by atoms with E-state index in [4.69, 9.17) is 0 Å². The highest BCUT2D eigenvalue weighted by Crippen LogP contribution is 2.21. The molecule has 0 aliphatic carbocycles. The second-order valence-corrected chi connectivity index (χ2v) is 6.71. The Bertz CT molecular complexity index is 747. The van der Waals surface area contributed by atoms with Crippen LogP contribution in [0.1, 0.15) is 16.7 Å². The van der Waals surface area contributed by atoms with Gasteiger partial charge in [-0.05, 0) is 35.9 Å². The smallest absolute Gasteiger partial charge is 0.239 e. The fraction of sp³-hybridized carbons (Fsp3) is 0.300. The highest BCUT2D eigenvalue weighted by atomic mass is 32.2. The molecule has 6 heteroatoms. The maximum atomic E-state index is 12.0. The van der Waals surface area contributed by atoms with Crippen LogP contribution in [0.25, 0.3) is 0 Å². The summed E-state index contributed by atoms with van der Waals surface area (Å²) >= 11 is 1.73. The highest BCUT2D eigenvalue weighted by molar-refractivity contribution is 7.98. The van der Waals surface area contributed by atoms with Crippen LogP contribution in [0.3, 0.4) is 0 Å². The SMILES string of the molecule is CN=C(NCC(=O)NCc1ccccc1)NCc1ccc(C)cc1SC. The van der Waals surface area contributed by atoms with Crippen LogP contribution in [0.2, 0.25) is 0 Å². The summed E-state index contributed by atoms with van der Waals surface area (Å²) in [6.45, 7) is 3.44. The highest BCUT2D eigenvalue weighted by Gasteiger charge is 2.06. The number of aliphatic imine (C=N–C) groups is 1. The standard InChI is InChI=1S/C20H26N4OS/c1-15-9-10-17(18(11-15)26-3)13-23-20(21-2)24-14-19(25)22-12-16-7-5-4-6-8-16/h4-11H,12-14H2,1-3H3,(H,22,25)(H2,21,23,24). The molecule has 0 saturated heterocycles. The summed E-state index contributed by atoms with van der Waals surface area (Å²) in [5.74, 6) is 0.532. The van der Waals surface area contributed by atoms with Gasteiger partial charge < -0.3 is 16.0 Å². The Morgan fingerprint density at radius 3 is 2.50 bits per heavy atom. The third-order valence-electron chi connectivity index (χ3n) is 3.86. The Balaban J connectivity index is 1.78. The molecule has 0 heterocycles. The number of guanidine groups is 1. The number of carbonyl (C=O) groups is 1. The van der Waals surface area contributed by atoms with Gasteiger partial charge in [-0.2, -0.15) is 0 Å². The van der Waals surface area contributed by atoms with E-state index in [2.05, 4.69) is 52.3 Å². The Hall–Kier alpha value is -2.47. The first-order chi connectivity index (χ1) is 12.6. The predicted octanol–water partition coefficient (Wildman–Crippen LogP) is 2.70. The van der Waals surface area contributed by atoms with E-state index in [1.165, 1.54) is 16.0 Å². The topological polar surface area (TPSA) is 65.5 Å². The molecule has 5 nitrogen and oxygen atoms in total. The van der Waals surface area contributed by atoms with E-state index in [9.17, 15) is 4.79 Å². The van der Waals surface area contributed by atoms with E-state index in [0.29, 0.717) is 19.0 Å². The molecule has 0 aliphatic heterocycles. The van der Waals surface area contributed by atoms with E-state index in [1.54, 1.807) is 18.8 Å². The molecule has 0 fully saturated rings. The van der Waals surface area contributed by atoms with Gasteiger partial charge in [-0.3, -0.25) is 9.79 Å². The van der Waals surface area contributed by atoms with Crippen molar-refractivity contribution in [3.8, 4) is 0 Å². The van der Waals surface area contributed by atoms with E-state index in [1.807, 2.05) is 30.3 Å². The van der Waals surface area contributed by atoms with Gasteiger partial charge in [0.25, 0.3) is 0 Å². The van der Waals surface area contributed by atoms with Gasteiger partial charge >= 0.3 is 0 Å². The van der Waals surface area contributed by atoms with E-state index >= 15 is 0 Å². The third-order valence-corrected chi connectivity index (χ3v) is 4.68. The van der Waals surface area contributed by atoms with Gasteiger partial charge in [0.1, 0.15) is 0 Å². The van der Waals surface area contributed by atoms with Crippen LogP contribution in [-0.4, -0.2) is 31.7 Å². The van der Waals surface area contributed by atoms with E-state index < -0.39 is 0 Å². The van der Waals surface area contributed by atoms with Crippen molar-refractivity contribution in [1.82, 2.24) is 16.0 Å². The molecule has 2 rings (SSSR count). The monoisotopic (exact) mass is 370 g/mol. The van der Waals surface area contributed by atoms with E-state index in [-0.39, 0.29) is 12.5 Å². The molecule has 3 N–H and O–H groups in total. The fourth-order valence-corrected chi connectivity index (χ4v) is 3.13. The normalized spacial score (nSPS) is 11.1. The minimum atomic E-state index is -0.0723. The number of amides is 1. The largest absolute Gasteiger partial charge is 0.352 e. The first kappa shape index (κ1) is 19.8. The first-order valence-electron chi connectivity index (χ1n) is 8.51. The summed E-state index contributed by atoms with van der Waals surface area (Å²) in [6.07, 6.45) is 2.07. The zero-order valence-electron chi connectivity index (χ0n) is 15.5. The van der Waals surface area contributed by atoms with Gasteiger partial charge in [0, 0.05) is 25.0 Å². The number of thioether (sulfide) groups is 1. The number of hydrogen-bond acceptors (Lipinski definition) is 3. The summed E-state index contributed by atoms with van der Waals surface area (Å²) in [5, 5.41) is 9.19. The quantitative estimate of drug-likeness (QED) is 0.398. The van der Waals surface area contributed by atoms with Gasteiger partial charge in [-0.15, -0.1) is 11.8 Å². The molecule has 2 aromatic rings. The van der Waals surface area contributed by atoms with Crippen molar-refractivity contribution in [1.29, 1.82) is 0 Å². The molecular formula is C20H26N4OS. The lowest BCUT2D eigenvalue weighted by atomic mass is 10.1. The summed E-state index contributed by atoms with van der Waals surface area (Å²) in [5.41, 5.74) is 3.53. The van der Waals surface area contributed by atoms with Crippen molar-refractivity contribution in [3.05, 3.63) is 65.2 Å². The number of nitrogens with zero attached hydrogens (tertiary/aromatic N) is 1. The number of benzene rings is 2. The summed E-state index contributed by atoms with van der Waals surface area (Å²) in [7, 11) is 1.70. The van der Waals surface area contributed by atoms with Gasteiger partial charge in [-0.1, -0.05) is 42.5 Å². The molecule has 0 atom stereocenters. The molecule has 0 radical (unpaired) electrons. The van der Waals surface area contributed by atoms with Crippen LogP contribution in [0.5, 0.6) is 0 Å². The molecule has 1 amide bonds. The lowest BCUT2D eigenvalue weighted by Crippen LogP contribution is -2.42. The molecule has 0 aromatic heterocycles. The Morgan fingerprint density at radius 1 is 1.04 bits per heavy atom. The van der Waals surface area contributed by atoms with E-state index in [0.717, 1.165) is 5.56 Å². The summed E-state index contributed by atoms with van der Waals surface area (Å²) in [6, 6.07) is 16.2. The van der Waals surface area contributed by atoms with Crippen LogP contribution >= 0.6 is 11.8 Å². The maximum Gasteiger partial charge on any atom is 0.239 e. The number of aryl methyl sites for hydroxylation is 1. The van der Waals surface area contributed by atoms with Crippen molar-refractivity contribution >= 4 is 23.6 Å². The molecule has 138 valence electrons. The van der Waals surface area contributed by atoms with Crippen molar-refractivity contribution in [2.75, 3.05) is 19.8 Å². The summed E-state index contributed by atoms with van der Waals surface area (Å²) < 4.78 is 0. The molecule has 2 aromatic carbocycles. The zero-order chi connectivity index (χ0) is 18.8. The average molecular weight is 371 g/mol. The second kappa shape index (κ2) is 10.5. The number of nitrogens with one attached hydrogen (secondary N) is 3. The second-order valence-electron chi connectivity index (χ2n) is 5.86. The van der Waals surface area contributed by atoms with Gasteiger partial charge in [0.15, 0.2) is 5.96 Å². The predicted molar refractivity (Wildman–Crippen MR) is 109 cm³/mol. The minimum absolute atomic E-state index is 0.0723. The number of hydrogen-bond donors (Lipinski definition) is 3. The lowest BCUT2D eigenvalue weighted by molar-refractivity contribution is -0.120. The van der Waals surface area contributed by atoms with Gasteiger partial charge in [0.05, 0.1) is 6.54 Å². The van der Waals surface area contributed by atoms with Crippen molar-refractivity contribution in [2.24, 2.45) is 4.99 Å². The minimum Gasteiger partial charge on any atom is -0.352 e. The van der Waals surface area contributed by atoms with Gasteiger partial charge in [-0.25, -0.2) is 0 Å². The van der Waals surface area contributed by atoms with Crippen LogP contribution in [0.4, 0.5) is 0 Å². The number of rotatable bonds is 7. The fourth-order valence-electron chi connectivity index (χ4n) is 2.42.